The first-order valence-corrected chi connectivity index (χ1v) is 13.6. The molecule has 0 aromatic heterocycles. The average molecular weight is 487 g/mol. The van der Waals surface area contributed by atoms with Crippen LogP contribution in [0, 0.1) is 0 Å². The predicted octanol–water partition coefficient (Wildman–Crippen LogP) is 3.65. The molecular weight excluding hydrogens is 432 g/mol. The van der Waals surface area contributed by atoms with Gasteiger partial charge in [-0.05, 0) is 65.2 Å². The Morgan fingerprint density at radius 3 is 0.941 bits per heavy atom. The minimum Gasteiger partial charge on any atom is -0.463 e. The van der Waals surface area contributed by atoms with Crippen molar-refractivity contribution in [1.82, 2.24) is 19.6 Å². The van der Waals surface area contributed by atoms with E-state index in [-0.39, 0.29) is 24.3 Å². The van der Waals surface area contributed by atoms with E-state index < -0.39 is 0 Å². The minimum atomic E-state index is -0.194. The van der Waals surface area contributed by atoms with Gasteiger partial charge in [0, 0.05) is 12.8 Å². The second kappa shape index (κ2) is 20.0. The van der Waals surface area contributed by atoms with Gasteiger partial charge in [-0.15, -0.1) is 0 Å². The Morgan fingerprint density at radius 1 is 0.500 bits per heavy atom. The van der Waals surface area contributed by atoms with Crippen LogP contribution in [0.4, 0.5) is 0 Å². The van der Waals surface area contributed by atoms with Crippen LogP contribution in [0.1, 0.15) is 81.1 Å². The van der Waals surface area contributed by atoms with Crippen LogP contribution in [0.3, 0.4) is 0 Å². The zero-order chi connectivity index (χ0) is 25.9. The van der Waals surface area contributed by atoms with E-state index in [0.717, 1.165) is 52.4 Å². The van der Waals surface area contributed by atoms with Crippen molar-refractivity contribution in [1.29, 1.82) is 0 Å². The molecule has 0 saturated carbocycles. The van der Waals surface area contributed by atoms with Crippen molar-refractivity contribution in [2.45, 2.75) is 93.4 Å². The van der Waals surface area contributed by atoms with Crippen molar-refractivity contribution in [3.05, 3.63) is 0 Å². The summed E-state index contributed by atoms with van der Waals surface area (Å²) < 4.78 is 11.2. The molecule has 0 aromatic rings. The van der Waals surface area contributed by atoms with Gasteiger partial charge in [0.05, 0.1) is 12.3 Å². The molecular formula is C26H54N4O4. The lowest BCUT2D eigenvalue weighted by molar-refractivity contribution is -0.150. The summed E-state index contributed by atoms with van der Waals surface area (Å²) in [6.07, 6.45) is 2.13. The molecule has 0 bridgehead atoms. The molecule has 8 nitrogen and oxygen atoms in total. The number of carbonyl (C=O) groups is 2. The highest BCUT2D eigenvalue weighted by Crippen LogP contribution is 2.11. The van der Waals surface area contributed by atoms with Gasteiger partial charge in [0.15, 0.2) is 0 Å². The van der Waals surface area contributed by atoms with E-state index >= 15 is 0 Å². The van der Waals surface area contributed by atoms with Gasteiger partial charge >= 0.3 is 11.9 Å². The molecule has 0 radical (unpaired) electrons. The molecule has 0 N–H and O–H groups in total. The number of unbranched alkanes of at least 4 members (excludes halogenated alkanes) is 1. The van der Waals surface area contributed by atoms with Gasteiger partial charge in [0.2, 0.25) is 0 Å². The Balaban J connectivity index is 4.46. The van der Waals surface area contributed by atoms with Crippen molar-refractivity contribution in [2.24, 2.45) is 0 Å². The molecule has 0 aromatic carbocycles. The number of carbonyl (C=O) groups excluding carboxylic acids is 2. The van der Waals surface area contributed by atoms with Gasteiger partial charge in [-0.2, -0.15) is 0 Å². The molecule has 0 aliphatic rings. The number of hydrogen-bond donors (Lipinski definition) is 0. The van der Waals surface area contributed by atoms with Gasteiger partial charge in [-0.3, -0.25) is 29.2 Å². The molecule has 0 aliphatic carbocycles. The Kier molecular flexibility index (Phi) is 19.3. The highest BCUT2D eigenvalue weighted by molar-refractivity contribution is 5.70. The lowest BCUT2D eigenvalue weighted by Gasteiger charge is -2.37. The Labute approximate surface area is 209 Å². The normalized spacial score (nSPS) is 12.1. The number of rotatable bonds is 21. The lowest BCUT2D eigenvalue weighted by atomic mass is 10.2. The van der Waals surface area contributed by atoms with E-state index in [9.17, 15) is 9.59 Å². The zero-order valence-corrected chi connectivity index (χ0v) is 23.5. The number of hydrogen-bond acceptors (Lipinski definition) is 8. The molecule has 0 rings (SSSR count). The van der Waals surface area contributed by atoms with Gasteiger partial charge < -0.3 is 9.47 Å². The van der Waals surface area contributed by atoms with E-state index in [1.165, 1.54) is 0 Å². The number of nitrogens with zero attached hydrogens (tertiary/aromatic N) is 4. The Morgan fingerprint density at radius 2 is 0.735 bits per heavy atom. The number of esters is 2. The van der Waals surface area contributed by atoms with Crippen molar-refractivity contribution in [3.8, 4) is 0 Å². The second-order valence-corrected chi connectivity index (χ2v) is 8.42. The van der Waals surface area contributed by atoms with Crippen molar-refractivity contribution in [3.63, 3.8) is 0 Å². The first-order valence-electron chi connectivity index (χ1n) is 13.6. The van der Waals surface area contributed by atoms with E-state index in [2.05, 4.69) is 75.0 Å². The smallest absolute Gasteiger partial charge is 0.305 e. The van der Waals surface area contributed by atoms with E-state index in [4.69, 9.17) is 9.47 Å². The summed E-state index contributed by atoms with van der Waals surface area (Å²) in [7, 11) is 0. The first kappa shape index (κ1) is 32.8. The topological polar surface area (TPSA) is 65.6 Å². The minimum absolute atomic E-state index is 0.105. The summed E-state index contributed by atoms with van der Waals surface area (Å²) in [6, 6.07) is 0. The van der Waals surface area contributed by atoms with Crippen molar-refractivity contribution < 1.29 is 19.1 Å². The van der Waals surface area contributed by atoms with E-state index in [0.29, 0.717) is 38.9 Å². The predicted molar refractivity (Wildman–Crippen MR) is 140 cm³/mol. The van der Waals surface area contributed by atoms with Crippen LogP contribution in [0.2, 0.25) is 0 Å². The summed E-state index contributed by atoms with van der Waals surface area (Å²) in [5, 5.41) is 0. The summed E-state index contributed by atoms with van der Waals surface area (Å²) in [5.41, 5.74) is 0. The standard InChI is InChI=1S/C26H54N4O4/c1-9-27(10-2)23(28(11-3)12-4)21-33-25(31)19-17-18-20-26(32)34-22-24(29(13-5)14-6)30(15-7)16-8/h23-24H,9-22H2,1-8H3. The fourth-order valence-electron chi connectivity index (χ4n) is 4.48. The van der Waals surface area contributed by atoms with E-state index in [1.54, 1.807) is 0 Å². The SMILES string of the molecule is CCN(CC)C(COC(=O)CCCCC(=O)OCC(N(CC)CC)N(CC)CC)N(CC)CC. The molecule has 0 unspecified atom stereocenters. The molecule has 0 amide bonds. The van der Waals surface area contributed by atoms with Crippen molar-refractivity contribution in [2.75, 3.05) is 65.6 Å². The van der Waals surface area contributed by atoms with Crippen LogP contribution in [0.25, 0.3) is 0 Å². The third kappa shape index (κ3) is 12.0. The third-order valence-electron chi connectivity index (χ3n) is 6.73. The Hall–Kier alpha value is -1.22. The van der Waals surface area contributed by atoms with Gasteiger partial charge in [-0.25, -0.2) is 0 Å². The highest BCUT2D eigenvalue weighted by Gasteiger charge is 2.24. The maximum Gasteiger partial charge on any atom is 0.305 e. The van der Waals surface area contributed by atoms with Gasteiger partial charge in [0.1, 0.15) is 13.2 Å². The quantitative estimate of drug-likeness (QED) is 0.138. The van der Waals surface area contributed by atoms with E-state index in [1.807, 2.05) is 0 Å². The van der Waals surface area contributed by atoms with Crippen LogP contribution >= 0.6 is 0 Å². The molecule has 0 fully saturated rings. The lowest BCUT2D eigenvalue weighted by Crippen LogP contribution is -2.51. The van der Waals surface area contributed by atoms with Crippen LogP contribution in [-0.4, -0.2) is 109 Å². The monoisotopic (exact) mass is 486 g/mol. The van der Waals surface area contributed by atoms with Crippen molar-refractivity contribution >= 4 is 11.9 Å². The maximum atomic E-state index is 12.3. The molecule has 0 spiro atoms. The Bertz CT molecular complexity index is 449. The highest BCUT2D eigenvalue weighted by atomic mass is 16.5. The average Bonchev–Trinajstić information content (AvgIpc) is 2.85. The molecule has 34 heavy (non-hydrogen) atoms. The largest absolute Gasteiger partial charge is 0.463 e. The molecule has 0 heterocycles. The van der Waals surface area contributed by atoms with Crippen LogP contribution in [-0.2, 0) is 19.1 Å². The molecule has 202 valence electrons. The summed E-state index contributed by atoms with van der Waals surface area (Å²) in [4.78, 5) is 33.9. The molecule has 0 atom stereocenters. The molecule has 8 heteroatoms. The third-order valence-corrected chi connectivity index (χ3v) is 6.73. The summed E-state index contributed by atoms with van der Waals surface area (Å²) >= 11 is 0. The molecule has 0 saturated heterocycles. The second-order valence-electron chi connectivity index (χ2n) is 8.42. The molecule has 0 aliphatic heterocycles. The summed E-state index contributed by atoms with van der Waals surface area (Å²) in [6.45, 7) is 25.2. The number of likely N-dealkylation sites (N-methyl/N-ethyl adjacent to an activating group) is 4. The van der Waals surface area contributed by atoms with Gasteiger partial charge in [-0.1, -0.05) is 55.4 Å². The maximum absolute atomic E-state index is 12.3. The zero-order valence-electron chi connectivity index (χ0n) is 23.5. The van der Waals surface area contributed by atoms with Crippen LogP contribution in [0.15, 0.2) is 0 Å². The van der Waals surface area contributed by atoms with Gasteiger partial charge in [0.25, 0.3) is 0 Å². The fraction of sp³-hybridized carbons (Fsp3) is 0.923. The number of ether oxygens (including phenoxy) is 2. The van der Waals surface area contributed by atoms with Crippen LogP contribution in [0.5, 0.6) is 0 Å². The van der Waals surface area contributed by atoms with Crippen LogP contribution < -0.4 is 0 Å². The first-order chi connectivity index (χ1) is 16.4. The fourth-order valence-corrected chi connectivity index (χ4v) is 4.48. The summed E-state index contributed by atoms with van der Waals surface area (Å²) in [5.74, 6) is -0.387.